The summed E-state index contributed by atoms with van der Waals surface area (Å²) in [6.07, 6.45) is -2.84. The van der Waals surface area contributed by atoms with Crippen LogP contribution in [0.15, 0.2) is 23.7 Å². The van der Waals surface area contributed by atoms with Crippen LogP contribution in [0.3, 0.4) is 0 Å². The minimum Gasteiger partial charge on any atom is -0.366 e. The van der Waals surface area contributed by atoms with Crippen molar-refractivity contribution in [1.29, 1.82) is 0 Å². The summed E-state index contributed by atoms with van der Waals surface area (Å²) in [5.41, 5.74) is 0.614. The number of ketones is 1. The first-order valence-electron chi connectivity index (χ1n) is 9.09. The maximum atomic E-state index is 12.9. The van der Waals surface area contributed by atoms with E-state index in [-0.39, 0.29) is 11.7 Å². The third-order valence-corrected chi connectivity index (χ3v) is 5.84. The van der Waals surface area contributed by atoms with Gasteiger partial charge in [0.05, 0.1) is 17.6 Å². The largest absolute Gasteiger partial charge is 0.391 e. The summed E-state index contributed by atoms with van der Waals surface area (Å²) in [4.78, 5) is 37.2. The average Bonchev–Trinajstić information content (AvgIpc) is 3.31. The van der Waals surface area contributed by atoms with Gasteiger partial charge in [0.2, 0.25) is 0 Å². The molecule has 2 amide bonds. The molecule has 7 nitrogen and oxygen atoms in total. The molecule has 0 aromatic carbocycles. The number of hydrogen-bond donors (Lipinski definition) is 1. The number of rotatable bonds is 4. The van der Waals surface area contributed by atoms with Crippen LogP contribution in [0.1, 0.15) is 30.3 Å². The first-order chi connectivity index (χ1) is 13.7. The fourth-order valence-corrected chi connectivity index (χ4v) is 4.08. The molecule has 2 aliphatic heterocycles. The van der Waals surface area contributed by atoms with E-state index in [0.717, 1.165) is 19.9 Å². The first-order valence-corrected chi connectivity index (χ1v) is 9.97. The zero-order valence-electron chi connectivity index (χ0n) is 15.4. The molecule has 2 aromatic rings. The normalized spacial score (nSPS) is 19.1. The number of carbonyl (C=O) groups is 2. The van der Waals surface area contributed by atoms with E-state index in [1.165, 1.54) is 22.3 Å². The summed E-state index contributed by atoms with van der Waals surface area (Å²) >= 11 is 1.27. The minimum absolute atomic E-state index is 0.0746. The molecular formula is C18H18F3N5O2S. The molecule has 1 fully saturated rings. The molecular weight excluding hydrogens is 407 g/mol. The fraction of sp³-hybridized carbons (Fsp3) is 0.444. The molecule has 4 heterocycles. The molecule has 29 heavy (non-hydrogen) atoms. The second-order valence-electron chi connectivity index (χ2n) is 7.14. The number of anilines is 3. The molecule has 0 unspecified atom stereocenters. The number of urea groups is 1. The summed E-state index contributed by atoms with van der Waals surface area (Å²) in [5.74, 6) is -2.18. The first kappa shape index (κ1) is 19.6. The van der Waals surface area contributed by atoms with Crippen LogP contribution >= 0.6 is 11.3 Å². The molecule has 1 N–H and O–H groups in total. The second-order valence-corrected chi connectivity index (χ2v) is 8.03. The van der Waals surface area contributed by atoms with Gasteiger partial charge in [-0.3, -0.25) is 15.0 Å². The van der Waals surface area contributed by atoms with Gasteiger partial charge in [-0.1, -0.05) is 6.92 Å². The Hall–Kier alpha value is -2.69. The highest BCUT2D eigenvalue weighted by molar-refractivity contribution is 7.13. The predicted octanol–water partition coefficient (Wildman–Crippen LogP) is 3.94. The van der Waals surface area contributed by atoms with E-state index in [1.54, 1.807) is 17.6 Å². The topological polar surface area (TPSA) is 78.4 Å². The number of alkyl halides is 3. The van der Waals surface area contributed by atoms with Crippen molar-refractivity contribution in [2.45, 2.75) is 32.0 Å². The minimum atomic E-state index is -4.45. The molecule has 2 bridgehead atoms. The third kappa shape index (κ3) is 3.78. The van der Waals surface area contributed by atoms with Crippen molar-refractivity contribution in [1.82, 2.24) is 9.97 Å². The number of pyridine rings is 1. The zero-order valence-corrected chi connectivity index (χ0v) is 16.3. The van der Waals surface area contributed by atoms with Gasteiger partial charge in [0.1, 0.15) is 5.69 Å². The molecule has 0 radical (unpaired) electrons. The smallest absolute Gasteiger partial charge is 0.366 e. The van der Waals surface area contributed by atoms with E-state index < -0.39 is 30.3 Å². The lowest BCUT2D eigenvalue weighted by Crippen LogP contribution is -2.48. The van der Waals surface area contributed by atoms with Crippen LogP contribution in [0.4, 0.5) is 34.6 Å². The molecule has 0 spiro atoms. The van der Waals surface area contributed by atoms with E-state index in [0.29, 0.717) is 23.2 Å². The lowest BCUT2D eigenvalue weighted by atomic mass is 10.0. The van der Waals surface area contributed by atoms with Crippen LogP contribution < -0.4 is 15.1 Å². The highest BCUT2D eigenvalue weighted by Crippen LogP contribution is 2.39. The van der Waals surface area contributed by atoms with Crippen molar-refractivity contribution < 1.29 is 22.8 Å². The van der Waals surface area contributed by atoms with Crippen LogP contribution in [0.5, 0.6) is 0 Å². The number of fused-ring (bicyclic) bond motifs is 4. The van der Waals surface area contributed by atoms with Crippen molar-refractivity contribution in [2.24, 2.45) is 5.92 Å². The van der Waals surface area contributed by atoms with E-state index in [4.69, 9.17) is 0 Å². The van der Waals surface area contributed by atoms with Gasteiger partial charge in [-0.05, 0) is 18.6 Å². The Balaban J connectivity index is 1.63. The average molecular weight is 425 g/mol. The predicted molar refractivity (Wildman–Crippen MR) is 103 cm³/mol. The second kappa shape index (κ2) is 7.29. The maximum Gasteiger partial charge on any atom is 0.391 e. The lowest BCUT2D eigenvalue weighted by molar-refractivity contribution is -0.168. The summed E-state index contributed by atoms with van der Waals surface area (Å²) in [6, 6.07) is 2.53. The van der Waals surface area contributed by atoms with Crippen molar-refractivity contribution in [3.63, 3.8) is 0 Å². The van der Waals surface area contributed by atoms with Gasteiger partial charge in [0.25, 0.3) is 0 Å². The number of nitrogens with zero attached hydrogens (tertiary/aromatic N) is 4. The van der Waals surface area contributed by atoms with Gasteiger partial charge in [-0.2, -0.15) is 13.2 Å². The quantitative estimate of drug-likeness (QED) is 0.751. The molecule has 0 saturated carbocycles. The molecule has 0 aliphatic carbocycles. The van der Waals surface area contributed by atoms with Crippen LogP contribution in [-0.2, 0) is 0 Å². The molecule has 2 atom stereocenters. The van der Waals surface area contributed by atoms with Crippen LogP contribution in [-0.4, -0.2) is 47.1 Å². The van der Waals surface area contributed by atoms with Crippen LogP contribution in [0.2, 0.25) is 0 Å². The van der Waals surface area contributed by atoms with Crippen molar-refractivity contribution in [3.05, 3.63) is 29.4 Å². The van der Waals surface area contributed by atoms with Crippen molar-refractivity contribution in [3.8, 4) is 0 Å². The maximum absolute atomic E-state index is 12.9. The van der Waals surface area contributed by atoms with Crippen molar-refractivity contribution >= 4 is 39.8 Å². The number of hydrogen-bond acceptors (Lipinski definition) is 6. The number of Topliss-reactive ketones (excluding diaryl/α,β-unsaturated/α-hetero) is 1. The summed E-state index contributed by atoms with van der Waals surface area (Å²) in [5, 5.41) is 4.88. The van der Waals surface area contributed by atoms with E-state index in [9.17, 15) is 22.8 Å². The van der Waals surface area contributed by atoms with Crippen LogP contribution in [0.25, 0.3) is 0 Å². The van der Waals surface area contributed by atoms with Crippen molar-refractivity contribution in [2.75, 3.05) is 28.2 Å². The molecule has 4 rings (SSSR count). The standard InChI is InChI=1S/C18H18F3N5O2S/c1-10(18(19,20)21)8-14(27)12-2-3-13-15(23-12)26(11-4-6-25(13)9-11)17(28)24-16-22-5-7-29-16/h2-3,5,7,10-11H,4,6,8-9H2,1H3,(H,22,24,28)/t10-,11-/m0/s1. The van der Waals surface area contributed by atoms with Gasteiger partial charge in [0.15, 0.2) is 16.7 Å². The number of nitrogens with one attached hydrogen (secondary N) is 1. The Morgan fingerprint density at radius 1 is 1.38 bits per heavy atom. The monoisotopic (exact) mass is 425 g/mol. The molecule has 2 aliphatic rings. The van der Waals surface area contributed by atoms with Gasteiger partial charge in [-0.25, -0.2) is 14.8 Å². The van der Waals surface area contributed by atoms with Gasteiger partial charge in [0, 0.05) is 31.1 Å². The molecule has 11 heteroatoms. The van der Waals surface area contributed by atoms with E-state index in [2.05, 4.69) is 20.2 Å². The Morgan fingerprint density at radius 3 is 2.86 bits per heavy atom. The lowest BCUT2D eigenvalue weighted by Gasteiger charge is -2.35. The highest BCUT2D eigenvalue weighted by atomic mass is 32.1. The Labute approximate surface area is 168 Å². The molecule has 1 saturated heterocycles. The van der Waals surface area contributed by atoms with Gasteiger partial charge in [-0.15, -0.1) is 11.3 Å². The highest BCUT2D eigenvalue weighted by Gasteiger charge is 2.41. The summed E-state index contributed by atoms with van der Waals surface area (Å²) in [6.45, 7) is 2.34. The molecule has 2 aromatic heterocycles. The van der Waals surface area contributed by atoms with E-state index >= 15 is 0 Å². The Morgan fingerprint density at radius 2 is 2.17 bits per heavy atom. The Kier molecular flexibility index (Phi) is 4.93. The molecule has 154 valence electrons. The SMILES string of the molecule is C[C@@H](CC(=O)c1ccc2c(n1)N(C(=O)Nc1nccs1)[C@H]1CCN2C1)C(F)(F)F. The number of thiazole rings is 1. The number of amides is 2. The summed E-state index contributed by atoms with van der Waals surface area (Å²) in [7, 11) is 0. The third-order valence-electron chi connectivity index (χ3n) is 5.15. The van der Waals surface area contributed by atoms with Gasteiger partial charge >= 0.3 is 12.2 Å². The number of halogens is 3. The number of aromatic nitrogens is 2. The fourth-order valence-electron chi connectivity index (χ4n) is 3.56. The summed E-state index contributed by atoms with van der Waals surface area (Å²) < 4.78 is 38.4. The van der Waals surface area contributed by atoms with E-state index in [1.807, 2.05) is 0 Å². The van der Waals surface area contributed by atoms with Gasteiger partial charge < -0.3 is 4.90 Å². The number of carbonyl (C=O) groups excluding carboxylic acids is 2. The zero-order chi connectivity index (χ0) is 20.8. The van der Waals surface area contributed by atoms with Crippen LogP contribution in [0, 0.1) is 5.92 Å². The Bertz CT molecular complexity index is 934.